The quantitative estimate of drug-likeness (QED) is 0.550. The first-order valence-corrected chi connectivity index (χ1v) is 5.11. The predicted molar refractivity (Wildman–Crippen MR) is 60.5 cm³/mol. The Hall–Kier alpha value is 0.0662. The van der Waals surface area contributed by atoms with E-state index in [1.165, 1.54) is 25.7 Å². The average Bonchev–Trinajstić information content (AvgIpc) is 2.71. The molecule has 0 atom stereocenters. The summed E-state index contributed by atoms with van der Waals surface area (Å²) in [5.74, 6) is 1.62. The number of hydrogen-bond donors (Lipinski definition) is 0. The minimum atomic E-state index is 0. The molecule has 0 aliphatic heterocycles. The van der Waals surface area contributed by atoms with E-state index in [0.717, 1.165) is 11.5 Å². The average molecular weight is 295 g/mol. The molecule has 2 nitrogen and oxygen atoms in total. The molecule has 0 heterocycles. The molecule has 2 rings (SSSR count). The fraction of sp³-hybridized carbons (Fsp3) is 0.500. The van der Waals surface area contributed by atoms with Crippen molar-refractivity contribution in [3.63, 3.8) is 0 Å². The Bertz CT molecular complexity index is 301. The van der Waals surface area contributed by atoms with Crippen LogP contribution in [0.5, 0.6) is 11.5 Å². The number of benzene rings is 1. The van der Waals surface area contributed by atoms with Crippen molar-refractivity contribution in [3.8, 4) is 11.5 Å². The summed E-state index contributed by atoms with van der Waals surface area (Å²) in [7, 11) is 1.66. The van der Waals surface area contributed by atoms with Gasteiger partial charge in [0.1, 0.15) is 0 Å². The van der Waals surface area contributed by atoms with E-state index in [-0.39, 0.29) is 40.0 Å². The molecule has 0 N–H and O–H groups in total. The maximum Gasteiger partial charge on any atom is 2.00 e. The molecule has 84 valence electrons. The van der Waals surface area contributed by atoms with Crippen LogP contribution < -0.4 is 26.5 Å². The van der Waals surface area contributed by atoms with Gasteiger partial charge in [0.15, 0.2) is 0 Å². The van der Waals surface area contributed by atoms with Crippen LogP contribution >= 0.6 is 0 Å². The van der Waals surface area contributed by atoms with Crippen molar-refractivity contribution in [1.29, 1.82) is 0 Å². The maximum atomic E-state index is 5.85. The number of methoxy groups -OCH3 is 1. The van der Waals surface area contributed by atoms with Crippen molar-refractivity contribution in [2.75, 3.05) is 7.11 Å². The van der Waals surface area contributed by atoms with Crippen molar-refractivity contribution in [2.24, 2.45) is 0 Å². The normalized spacial score (nSPS) is 14.8. The third kappa shape index (κ3) is 4.15. The molecule has 0 aromatic heterocycles. The van der Waals surface area contributed by atoms with Gasteiger partial charge in [-0.05, 0) is 25.7 Å². The van der Waals surface area contributed by atoms with Crippen LogP contribution in [-0.4, -0.2) is 36.3 Å². The molecule has 0 spiro atoms. The Morgan fingerprint density at radius 2 is 1.94 bits per heavy atom. The van der Waals surface area contributed by atoms with Crippen molar-refractivity contribution >= 4 is 23.1 Å². The fourth-order valence-electron chi connectivity index (χ4n) is 1.84. The van der Waals surface area contributed by atoms with E-state index >= 15 is 0 Å². The number of ether oxygens (including phenoxy) is 2. The van der Waals surface area contributed by atoms with Gasteiger partial charge in [-0.25, -0.2) is 0 Å². The zero-order valence-electron chi connectivity index (χ0n) is 9.54. The topological polar surface area (TPSA) is 18.5 Å². The second-order valence-electron chi connectivity index (χ2n) is 3.60. The first-order valence-electron chi connectivity index (χ1n) is 5.11. The summed E-state index contributed by atoms with van der Waals surface area (Å²) in [6.07, 6.45) is 5.29. The van der Waals surface area contributed by atoms with Gasteiger partial charge >= 0.3 is 23.1 Å². The second-order valence-corrected chi connectivity index (χ2v) is 3.60. The van der Waals surface area contributed by atoms with Crippen LogP contribution in [0.3, 0.4) is 0 Å². The van der Waals surface area contributed by atoms with E-state index in [0.29, 0.717) is 6.10 Å². The third-order valence-corrected chi connectivity index (χ3v) is 2.60. The van der Waals surface area contributed by atoms with Gasteiger partial charge in [-0.2, -0.15) is 12.1 Å². The van der Waals surface area contributed by atoms with E-state index in [1.807, 2.05) is 18.2 Å². The Morgan fingerprint density at radius 1 is 1.25 bits per heavy atom. The summed E-state index contributed by atoms with van der Waals surface area (Å²) in [4.78, 5) is 0. The van der Waals surface area contributed by atoms with Crippen LogP contribution in [0.25, 0.3) is 0 Å². The largest absolute Gasteiger partial charge is 2.00 e. The summed E-state index contributed by atoms with van der Waals surface area (Å²) in [6, 6.07) is 8.55. The van der Waals surface area contributed by atoms with Crippen molar-refractivity contribution in [1.82, 2.24) is 0 Å². The SMILES string of the molecule is COc1c[c-]ccc1OC1CCCC1.[Br-].[Mg+2]. The van der Waals surface area contributed by atoms with Gasteiger partial charge in [-0.1, -0.05) is 0 Å². The molecule has 1 fully saturated rings. The molecule has 1 aromatic carbocycles. The van der Waals surface area contributed by atoms with Crippen molar-refractivity contribution < 1.29 is 26.5 Å². The van der Waals surface area contributed by atoms with Gasteiger partial charge < -0.3 is 26.5 Å². The van der Waals surface area contributed by atoms with E-state index in [4.69, 9.17) is 9.47 Å². The van der Waals surface area contributed by atoms with E-state index in [1.54, 1.807) is 7.11 Å². The summed E-state index contributed by atoms with van der Waals surface area (Å²) in [6.45, 7) is 0. The number of halogens is 1. The van der Waals surface area contributed by atoms with Crippen LogP contribution in [-0.2, 0) is 0 Å². The fourth-order valence-corrected chi connectivity index (χ4v) is 1.84. The molecular weight excluding hydrogens is 280 g/mol. The van der Waals surface area contributed by atoms with Gasteiger partial charge in [-0.15, -0.1) is 12.1 Å². The Labute approximate surface area is 124 Å². The van der Waals surface area contributed by atoms with Crippen LogP contribution in [0.15, 0.2) is 18.2 Å². The Morgan fingerprint density at radius 3 is 2.56 bits per heavy atom. The number of hydrogen-bond acceptors (Lipinski definition) is 2. The summed E-state index contributed by atoms with van der Waals surface area (Å²) in [5.41, 5.74) is 0. The van der Waals surface area contributed by atoms with Crippen LogP contribution in [0.1, 0.15) is 25.7 Å². The van der Waals surface area contributed by atoms with E-state index < -0.39 is 0 Å². The van der Waals surface area contributed by atoms with Gasteiger partial charge in [0.2, 0.25) is 0 Å². The number of rotatable bonds is 3. The molecule has 0 unspecified atom stereocenters. The zero-order valence-corrected chi connectivity index (χ0v) is 12.5. The molecule has 1 aromatic rings. The molecule has 1 aliphatic rings. The van der Waals surface area contributed by atoms with E-state index in [2.05, 4.69) is 6.07 Å². The van der Waals surface area contributed by atoms with Gasteiger partial charge in [0.25, 0.3) is 0 Å². The summed E-state index contributed by atoms with van der Waals surface area (Å²) in [5, 5.41) is 0. The molecule has 1 aliphatic carbocycles. The minimum absolute atomic E-state index is 0. The van der Waals surface area contributed by atoms with Gasteiger partial charge in [0.05, 0.1) is 19.0 Å². The van der Waals surface area contributed by atoms with Crippen LogP contribution in [0, 0.1) is 6.07 Å². The van der Waals surface area contributed by atoms with Crippen LogP contribution in [0.2, 0.25) is 0 Å². The molecule has 0 bridgehead atoms. The van der Waals surface area contributed by atoms with Crippen LogP contribution in [0.4, 0.5) is 0 Å². The molecule has 16 heavy (non-hydrogen) atoms. The summed E-state index contributed by atoms with van der Waals surface area (Å²) >= 11 is 0. The smallest absolute Gasteiger partial charge is 1.00 e. The van der Waals surface area contributed by atoms with Gasteiger partial charge in [-0.3, -0.25) is 0 Å². The third-order valence-electron chi connectivity index (χ3n) is 2.60. The molecule has 4 heteroatoms. The Balaban J connectivity index is 0.00000112. The van der Waals surface area contributed by atoms with Gasteiger partial charge in [0, 0.05) is 5.75 Å². The molecule has 0 saturated heterocycles. The first-order chi connectivity index (χ1) is 6.90. The first kappa shape index (κ1) is 16.1. The monoisotopic (exact) mass is 294 g/mol. The molecule has 1 saturated carbocycles. The minimum Gasteiger partial charge on any atom is -1.00 e. The maximum absolute atomic E-state index is 5.85. The molecular formula is C12H15BrMgO2. The van der Waals surface area contributed by atoms with E-state index in [9.17, 15) is 0 Å². The van der Waals surface area contributed by atoms with Crippen molar-refractivity contribution in [2.45, 2.75) is 31.8 Å². The second kappa shape index (κ2) is 8.20. The zero-order chi connectivity index (χ0) is 9.80. The summed E-state index contributed by atoms with van der Waals surface area (Å²) < 4.78 is 11.1. The molecule has 0 amide bonds. The Kier molecular flexibility index (Phi) is 8.23. The predicted octanol–water partition coefficient (Wildman–Crippen LogP) is -0.560. The molecule has 0 radical (unpaired) electrons. The standard InChI is InChI=1S/C12H15O2.BrH.Mg/c1-13-11-8-4-5-9-12(11)14-10-6-2-3-7-10;;/h5,8-10H,2-3,6-7H2,1H3;1H;/q-1;;+2/p-1. The van der Waals surface area contributed by atoms with Crippen molar-refractivity contribution in [3.05, 3.63) is 24.3 Å².